The molecule has 3 heteroatoms. The van der Waals surface area contributed by atoms with Crippen LogP contribution < -0.4 is 9.47 Å². The zero-order valence-electron chi connectivity index (χ0n) is 8.81. The number of nitrogens with zero attached hydrogens (tertiary/aromatic N) is 1. The molecule has 0 radical (unpaired) electrons. The van der Waals surface area contributed by atoms with Gasteiger partial charge in [0, 0.05) is 6.07 Å². The fourth-order valence-corrected chi connectivity index (χ4v) is 1.51. The number of fused-ring (bicyclic) bond motifs is 1. The fourth-order valence-electron chi connectivity index (χ4n) is 1.51. The van der Waals surface area contributed by atoms with Gasteiger partial charge in [0.05, 0.1) is 11.5 Å². The van der Waals surface area contributed by atoms with Crippen LogP contribution in [0.3, 0.4) is 0 Å². The number of rotatable bonds is 2. The first-order valence-electron chi connectivity index (χ1n) is 4.96. The maximum Gasteiger partial charge on any atom is 0.387 e. The summed E-state index contributed by atoms with van der Waals surface area (Å²) in [4.78, 5) is 0. The van der Waals surface area contributed by atoms with Crippen LogP contribution in [-0.2, 0) is 0 Å². The molecule has 0 amide bonds. The molecule has 1 aromatic carbocycles. The van der Waals surface area contributed by atoms with Crippen molar-refractivity contribution >= 4 is 10.8 Å². The average Bonchev–Trinajstić information content (AvgIpc) is 2.22. The second kappa shape index (κ2) is 3.77. The van der Waals surface area contributed by atoms with Crippen molar-refractivity contribution in [1.29, 1.82) is 0 Å². The van der Waals surface area contributed by atoms with Gasteiger partial charge in [-0.25, -0.2) is 0 Å². The van der Waals surface area contributed by atoms with Gasteiger partial charge in [0.1, 0.15) is 0 Å². The first kappa shape index (κ1) is 9.77. The highest BCUT2D eigenvalue weighted by atomic mass is 16.6. The normalized spacial score (nSPS) is 10.9. The summed E-state index contributed by atoms with van der Waals surface area (Å²) in [6.07, 6.45) is 1.47. The highest BCUT2D eigenvalue weighted by molar-refractivity contribution is 5.85. The largest absolute Gasteiger partial charge is 0.616 e. The molecule has 0 unspecified atom stereocenters. The van der Waals surface area contributed by atoms with Crippen molar-refractivity contribution in [3.63, 3.8) is 0 Å². The second-order valence-electron chi connectivity index (χ2n) is 3.70. The van der Waals surface area contributed by atoms with E-state index in [1.165, 1.54) is 6.20 Å². The van der Waals surface area contributed by atoms with Gasteiger partial charge in [-0.15, -0.1) is 4.73 Å². The SMILES string of the molecule is CC(C)Oc1c2ccccc2cc[n+]1[O-]. The Morgan fingerprint density at radius 2 is 1.93 bits per heavy atom. The molecule has 0 fully saturated rings. The zero-order valence-corrected chi connectivity index (χ0v) is 8.81. The number of hydrogen-bond donors (Lipinski definition) is 0. The molecule has 3 nitrogen and oxygen atoms in total. The lowest BCUT2D eigenvalue weighted by Gasteiger charge is -2.11. The number of aromatic nitrogens is 1. The monoisotopic (exact) mass is 203 g/mol. The van der Waals surface area contributed by atoms with Crippen LogP contribution in [0.25, 0.3) is 10.8 Å². The predicted molar refractivity (Wildman–Crippen MR) is 58.7 cm³/mol. The van der Waals surface area contributed by atoms with Crippen LogP contribution in [0.1, 0.15) is 13.8 Å². The summed E-state index contributed by atoms with van der Waals surface area (Å²) in [5, 5.41) is 13.4. The Kier molecular flexibility index (Phi) is 2.46. The van der Waals surface area contributed by atoms with E-state index >= 15 is 0 Å². The lowest BCUT2D eigenvalue weighted by Crippen LogP contribution is -2.30. The zero-order chi connectivity index (χ0) is 10.8. The minimum Gasteiger partial charge on any atom is -0.616 e. The molecule has 0 N–H and O–H groups in total. The topological polar surface area (TPSA) is 36.2 Å². The Hall–Kier alpha value is -1.77. The molecule has 1 heterocycles. The number of benzene rings is 1. The number of hydrogen-bond acceptors (Lipinski definition) is 2. The molecule has 0 spiro atoms. The van der Waals surface area contributed by atoms with Gasteiger partial charge < -0.3 is 9.94 Å². The Bertz CT molecular complexity index is 480. The molecule has 2 rings (SSSR count). The molecule has 0 aliphatic rings. The summed E-state index contributed by atoms with van der Waals surface area (Å²) in [5.41, 5.74) is 0. The Balaban J connectivity index is 2.63. The van der Waals surface area contributed by atoms with E-state index in [0.717, 1.165) is 15.5 Å². The van der Waals surface area contributed by atoms with E-state index in [4.69, 9.17) is 4.74 Å². The molecular formula is C12H13NO2. The van der Waals surface area contributed by atoms with Gasteiger partial charge in [0.15, 0.2) is 6.20 Å². The highest BCUT2D eigenvalue weighted by Gasteiger charge is 2.13. The molecule has 0 atom stereocenters. The standard InChI is InChI=1S/C12H13NO2/c1-9(2)15-12-11-6-4-3-5-10(11)7-8-13(12)14/h3-9H,1-2H3. The van der Waals surface area contributed by atoms with E-state index in [1.807, 2.05) is 38.1 Å². The summed E-state index contributed by atoms with van der Waals surface area (Å²) in [6, 6.07) is 9.48. The van der Waals surface area contributed by atoms with E-state index in [2.05, 4.69) is 0 Å². The molecule has 2 aromatic rings. The molecule has 0 bridgehead atoms. The predicted octanol–water partition coefficient (Wildman–Crippen LogP) is 2.26. The van der Waals surface area contributed by atoms with Gasteiger partial charge in [0.2, 0.25) is 0 Å². The molecule has 0 aliphatic carbocycles. The van der Waals surface area contributed by atoms with Crippen molar-refractivity contribution in [2.75, 3.05) is 0 Å². The summed E-state index contributed by atoms with van der Waals surface area (Å²) in [5.74, 6) is 0.378. The Morgan fingerprint density at radius 1 is 1.20 bits per heavy atom. The fraction of sp³-hybridized carbons (Fsp3) is 0.250. The van der Waals surface area contributed by atoms with E-state index in [1.54, 1.807) is 6.07 Å². The van der Waals surface area contributed by atoms with Gasteiger partial charge >= 0.3 is 5.88 Å². The maximum absolute atomic E-state index is 11.6. The summed E-state index contributed by atoms with van der Waals surface area (Å²) in [6.45, 7) is 3.81. The summed E-state index contributed by atoms with van der Waals surface area (Å²) < 4.78 is 6.27. The van der Waals surface area contributed by atoms with Gasteiger partial charge in [0.25, 0.3) is 0 Å². The third kappa shape index (κ3) is 1.86. The minimum absolute atomic E-state index is 0.00370. The third-order valence-electron chi connectivity index (χ3n) is 2.13. The van der Waals surface area contributed by atoms with E-state index in [9.17, 15) is 5.21 Å². The lowest BCUT2D eigenvalue weighted by atomic mass is 10.2. The van der Waals surface area contributed by atoms with E-state index < -0.39 is 0 Å². The molecular weight excluding hydrogens is 190 g/mol. The van der Waals surface area contributed by atoms with Crippen LogP contribution >= 0.6 is 0 Å². The first-order chi connectivity index (χ1) is 7.18. The van der Waals surface area contributed by atoms with E-state index in [0.29, 0.717) is 5.88 Å². The molecule has 0 saturated carbocycles. The number of ether oxygens (including phenoxy) is 1. The van der Waals surface area contributed by atoms with Crippen LogP contribution in [0.2, 0.25) is 0 Å². The van der Waals surface area contributed by atoms with Crippen molar-refractivity contribution in [2.24, 2.45) is 0 Å². The van der Waals surface area contributed by atoms with Crippen LogP contribution in [0.15, 0.2) is 36.5 Å². The first-order valence-corrected chi connectivity index (χ1v) is 4.96. The molecule has 0 aliphatic heterocycles. The second-order valence-corrected chi connectivity index (χ2v) is 3.70. The van der Waals surface area contributed by atoms with Crippen LogP contribution in [-0.4, -0.2) is 6.10 Å². The third-order valence-corrected chi connectivity index (χ3v) is 2.13. The lowest BCUT2D eigenvalue weighted by molar-refractivity contribution is -0.612. The van der Waals surface area contributed by atoms with Gasteiger partial charge in [-0.05, 0) is 25.3 Å². The van der Waals surface area contributed by atoms with Gasteiger partial charge in [-0.3, -0.25) is 0 Å². The average molecular weight is 203 g/mol. The van der Waals surface area contributed by atoms with Crippen LogP contribution in [0.5, 0.6) is 5.88 Å². The molecule has 1 aromatic heterocycles. The minimum atomic E-state index is -0.00370. The number of pyridine rings is 1. The van der Waals surface area contributed by atoms with E-state index in [-0.39, 0.29) is 6.10 Å². The Labute approximate surface area is 88.5 Å². The van der Waals surface area contributed by atoms with Gasteiger partial charge in [-0.1, -0.05) is 18.2 Å². The summed E-state index contributed by atoms with van der Waals surface area (Å²) in [7, 11) is 0. The van der Waals surface area contributed by atoms with Crippen molar-refractivity contribution < 1.29 is 9.47 Å². The van der Waals surface area contributed by atoms with Crippen molar-refractivity contribution in [2.45, 2.75) is 20.0 Å². The van der Waals surface area contributed by atoms with Crippen molar-refractivity contribution in [1.82, 2.24) is 0 Å². The van der Waals surface area contributed by atoms with Crippen LogP contribution in [0, 0.1) is 5.21 Å². The Morgan fingerprint density at radius 3 is 2.67 bits per heavy atom. The molecule has 0 saturated heterocycles. The van der Waals surface area contributed by atoms with Gasteiger partial charge in [-0.2, -0.15) is 0 Å². The summed E-state index contributed by atoms with van der Waals surface area (Å²) >= 11 is 0. The van der Waals surface area contributed by atoms with Crippen molar-refractivity contribution in [3.8, 4) is 5.88 Å². The quantitative estimate of drug-likeness (QED) is 0.554. The maximum atomic E-state index is 11.6. The van der Waals surface area contributed by atoms with Crippen LogP contribution in [0.4, 0.5) is 0 Å². The molecule has 78 valence electrons. The highest BCUT2D eigenvalue weighted by Crippen LogP contribution is 2.21. The van der Waals surface area contributed by atoms with Crippen molar-refractivity contribution in [3.05, 3.63) is 41.7 Å². The smallest absolute Gasteiger partial charge is 0.387 e. The molecule has 15 heavy (non-hydrogen) atoms.